The maximum atomic E-state index is 8.16. The molecule has 1 atom stereocenters. The van der Waals surface area contributed by atoms with Crippen LogP contribution >= 0.6 is 15.9 Å². The molecule has 0 radical (unpaired) electrons. The van der Waals surface area contributed by atoms with Gasteiger partial charge in [-0.25, -0.2) is 4.98 Å². The molecule has 0 bridgehead atoms. The second-order valence-corrected chi connectivity index (χ2v) is 2.71. The number of aromatic nitrogens is 2. The van der Waals surface area contributed by atoms with Gasteiger partial charge in [-0.05, 0) is 35.2 Å². The molecule has 2 rings (SSSR count). The fourth-order valence-electron chi connectivity index (χ4n) is 0.703. The fraction of sp³-hybridized carbons (Fsp3) is 0.500. The lowest BCUT2D eigenvalue weighted by atomic mass is 10.2. The van der Waals surface area contributed by atoms with E-state index < -0.39 is 43.3 Å². The molecule has 12 heavy (non-hydrogen) atoms. The van der Waals surface area contributed by atoms with Crippen LogP contribution in [-0.4, -0.2) is 16.5 Å². The highest BCUT2D eigenvalue weighted by Gasteiger charge is 2.17. The molecule has 1 aliphatic rings. The van der Waals surface area contributed by atoms with E-state index in [1.54, 1.807) is 0 Å². The summed E-state index contributed by atoms with van der Waals surface area (Å²) in [6.45, 7) is -2.86. The molecule has 1 aliphatic heterocycles. The summed E-state index contributed by atoms with van der Waals surface area (Å²) >= 11 is 2.88. The van der Waals surface area contributed by atoms with Crippen molar-refractivity contribution in [2.45, 2.75) is 18.8 Å². The van der Waals surface area contributed by atoms with Crippen molar-refractivity contribution in [2.75, 3.05) is 6.50 Å². The SMILES string of the molecule is [2H]c1nc(C2([2H])NC([2H])([2H])C([2H])([2H])C2([2H])[2H])c([2H])nc1Br. The van der Waals surface area contributed by atoms with Crippen molar-refractivity contribution in [1.82, 2.24) is 15.3 Å². The minimum atomic E-state index is -3.05. The standard InChI is InChI=1S/C8H10BrN3/c9-8-5-11-7(4-12-8)6-2-1-3-10-6/h4-6,10H,1-3H2/i1D2,2D2,3D2,4D,5D,6D. The van der Waals surface area contributed by atoms with Gasteiger partial charge in [-0.1, -0.05) is 0 Å². The fourth-order valence-corrected chi connectivity index (χ4v) is 0.880. The summed E-state index contributed by atoms with van der Waals surface area (Å²) < 4.78 is 69.3. The van der Waals surface area contributed by atoms with Crippen LogP contribution < -0.4 is 5.32 Å². The lowest BCUT2D eigenvalue weighted by Gasteiger charge is -2.07. The zero-order chi connectivity index (χ0) is 16.4. The van der Waals surface area contributed by atoms with Crippen molar-refractivity contribution in [1.29, 1.82) is 0 Å². The number of nitrogens with zero attached hydrogens (tertiary/aromatic N) is 2. The Hall–Kier alpha value is -0.480. The van der Waals surface area contributed by atoms with E-state index in [4.69, 9.17) is 12.3 Å². The van der Waals surface area contributed by atoms with E-state index in [9.17, 15) is 0 Å². The van der Waals surface area contributed by atoms with Crippen LogP contribution in [0.15, 0.2) is 16.9 Å². The number of rotatable bonds is 1. The molecule has 2 heterocycles. The molecule has 4 heteroatoms. The monoisotopic (exact) mass is 236 g/mol. The minimum absolute atomic E-state index is 0.0792. The second kappa shape index (κ2) is 3.49. The summed E-state index contributed by atoms with van der Waals surface area (Å²) in [6, 6.07) is -2.69. The van der Waals surface area contributed by atoms with Crippen molar-refractivity contribution in [3.05, 3.63) is 22.6 Å². The number of halogens is 1. The van der Waals surface area contributed by atoms with Crippen LogP contribution in [0, 0.1) is 0 Å². The molecule has 0 amide bonds. The Bertz CT molecular complexity index is 607. The van der Waals surface area contributed by atoms with Gasteiger partial charge >= 0.3 is 0 Å². The van der Waals surface area contributed by atoms with E-state index >= 15 is 0 Å². The smallest absolute Gasteiger partial charge is 0.124 e. The number of nitrogens with one attached hydrogen (secondary N) is 1. The highest BCUT2D eigenvalue weighted by atomic mass is 79.9. The first-order valence-corrected chi connectivity index (χ1v) is 3.88. The van der Waals surface area contributed by atoms with Gasteiger partial charge in [-0.3, -0.25) is 4.98 Å². The van der Waals surface area contributed by atoms with Crippen molar-refractivity contribution in [3.63, 3.8) is 0 Å². The molecule has 0 spiro atoms. The van der Waals surface area contributed by atoms with Gasteiger partial charge in [0.25, 0.3) is 0 Å². The molecule has 0 aromatic carbocycles. The van der Waals surface area contributed by atoms with Crippen molar-refractivity contribution < 1.29 is 12.3 Å². The van der Waals surface area contributed by atoms with Gasteiger partial charge < -0.3 is 5.32 Å². The average molecular weight is 237 g/mol. The summed E-state index contributed by atoms with van der Waals surface area (Å²) in [6.07, 6.45) is -7.20. The third-order valence-corrected chi connectivity index (χ3v) is 1.55. The van der Waals surface area contributed by atoms with Gasteiger partial charge in [0.2, 0.25) is 0 Å². The van der Waals surface area contributed by atoms with Gasteiger partial charge in [0.05, 0.1) is 28.2 Å². The van der Waals surface area contributed by atoms with E-state index in [2.05, 4.69) is 25.9 Å². The zero-order valence-electron chi connectivity index (χ0n) is 14.8. The zero-order valence-corrected chi connectivity index (χ0v) is 7.36. The molecule has 1 aromatic rings. The van der Waals surface area contributed by atoms with Crippen LogP contribution in [-0.2, 0) is 0 Å². The Balaban J connectivity index is 2.71. The third kappa shape index (κ3) is 1.64. The Morgan fingerprint density at radius 2 is 2.67 bits per heavy atom. The minimum Gasteiger partial charge on any atom is -0.309 e. The quantitative estimate of drug-likeness (QED) is 0.807. The lowest BCUT2D eigenvalue weighted by Crippen LogP contribution is -2.14. The largest absolute Gasteiger partial charge is 0.309 e. The first kappa shape index (κ1) is 2.75. The molecule has 0 saturated carbocycles. The Kier molecular flexibility index (Phi) is 0.801. The highest BCUT2D eigenvalue weighted by molar-refractivity contribution is 9.10. The van der Waals surface area contributed by atoms with Crippen LogP contribution in [0.2, 0.25) is 0 Å². The maximum Gasteiger partial charge on any atom is 0.124 e. The van der Waals surface area contributed by atoms with Gasteiger partial charge in [-0.2, -0.15) is 0 Å². The number of hydrogen-bond donors (Lipinski definition) is 1. The summed E-state index contributed by atoms with van der Waals surface area (Å²) in [7, 11) is 0. The van der Waals surface area contributed by atoms with Gasteiger partial charge in [0, 0.05) is 8.22 Å². The van der Waals surface area contributed by atoms with Crippen LogP contribution in [0.3, 0.4) is 0 Å². The van der Waals surface area contributed by atoms with Crippen molar-refractivity contribution in [3.8, 4) is 0 Å². The first-order valence-electron chi connectivity index (χ1n) is 7.58. The normalized spacial score (nSPS) is 52.6. The van der Waals surface area contributed by atoms with Crippen LogP contribution in [0.25, 0.3) is 0 Å². The van der Waals surface area contributed by atoms with Gasteiger partial charge in [-0.15, -0.1) is 0 Å². The Morgan fingerprint density at radius 1 is 1.75 bits per heavy atom. The maximum absolute atomic E-state index is 8.16. The molecule has 0 aliphatic carbocycles. The van der Waals surface area contributed by atoms with Crippen LogP contribution in [0.1, 0.15) is 36.8 Å². The van der Waals surface area contributed by atoms with E-state index in [1.165, 1.54) is 0 Å². The predicted octanol–water partition coefficient (Wildman–Crippen LogP) is 1.66. The van der Waals surface area contributed by atoms with E-state index in [0.717, 1.165) is 0 Å². The van der Waals surface area contributed by atoms with Gasteiger partial charge in [0.15, 0.2) is 0 Å². The van der Waals surface area contributed by atoms with Crippen molar-refractivity contribution >= 4 is 15.9 Å². The molecule has 1 N–H and O–H groups in total. The summed E-state index contributed by atoms with van der Waals surface area (Å²) in [5, 5.41) is 1.92. The average Bonchev–Trinajstić information content (AvgIpc) is 2.40. The highest BCUT2D eigenvalue weighted by Crippen LogP contribution is 2.20. The molecule has 64 valence electrons. The Morgan fingerprint density at radius 3 is 3.42 bits per heavy atom. The topological polar surface area (TPSA) is 37.8 Å². The van der Waals surface area contributed by atoms with Crippen LogP contribution in [0.4, 0.5) is 0 Å². The third-order valence-electron chi connectivity index (χ3n) is 1.19. The summed E-state index contributed by atoms with van der Waals surface area (Å²) in [5.74, 6) is 0. The number of hydrogen-bond acceptors (Lipinski definition) is 3. The summed E-state index contributed by atoms with van der Waals surface area (Å²) in [5.41, 5.74) is -0.647. The molecule has 1 fully saturated rings. The van der Waals surface area contributed by atoms with Gasteiger partial charge in [0.1, 0.15) is 4.60 Å². The summed E-state index contributed by atoms with van der Waals surface area (Å²) in [4.78, 5) is 7.18. The molecule has 1 unspecified atom stereocenters. The molecule has 1 saturated heterocycles. The molecule has 1 aromatic heterocycles. The first-order chi connectivity index (χ1) is 9.28. The Labute approximate surface area is 92.4 Å². The van der Waals surface area contributed by atoms with E-state index in [1.807, 2.05) is 5.32 Å². The molecular formula is C8H10BrN3. The molecular weight excluding hydrogens is 218 g/mol. The van der Waals surface area contributed by atoms with Crippen molar-refractivity contribution in [2.24, 2.45) is 0 Å². The van der Waals surface area contributed by atoms with E-state index in [0.29, 0.717) is 0 Å². The van der Waals surface area contributed by atoms with Crippen LogP contribution in [0.5, 0.6) is 0 Å². The lowest BCUT2D eigenvalue weighted by molar-refractivity contribution is 0.623. The van der Waals surface area contributed by atoms with E-state index in [-0.39, 0.29) is 4.60 Å². The second-order valence-electron chi connectivity index (χ2n) is 1.96. The predicted molar refractivity (Wildman–Crippen MR) is 49.7 cm³/mol. The molecule has 3 nitrogen and oxygen atoms in total.